The SMILES string of the molecule is O=C(NNC(=O)c1cc(Br)ccc1I)c1ccccn1. The fourth-order valence-electron chi connectivity index (χ4n) is 1.41. The van der Waals surface area contributed by atoms with Crippen LogP contribution in [0.15, 0.2) is 47.1 Å². The monoisotopic (exact) mass is 445 g/mol. The summed E-state index contributed by atoms with van der Waals surface area (Å²) in [5.41, 5.74) is 5.39. The smallest absolute Gasteiger partial charge is 0.267 e. The summed E-state index contributed by atoms with van der Waals surface area (Å²) in [5, 5.41) is 0. The van der Waals surface area contributed by atoms with Crippen molar-refractivity contribution >= 4 is 50.3 Å². The normalized spacial score (nSPS) is 9.90. The molecular weight excluding hydrogens is 437 g/mol. The molecule has 0 radical (unpaired) electrons. The van der Waals surface area contributed by atoms with Gasteiger partial charge in [0.2, 0.25) is 0 Å². The molecule has 1 aromatic heterocycles. The number of nitrogens with zero attached hydrogens (tertiary/aromatic N) is 1. The summed E-state index contributed by atoms with van der Waals surface area (Å²) in [5.74, 6) is -0.857. The molecule has 0 aliphatic rings. The number of aromatic nitrogens is 1. The lowest BCUT2D eigenvalue weighted by molar-refractivity contribution is 0.0843. The molecule has 102 valence electrons. The number of amides is 2. The summed E-state index contributed by atoms with van der Waals surface area (Å²) in [6.45, 7) is 0. The number of benzene rings is 1. The van der Waals surface area contributed by atoms with Gasteiger partial charge in [0.15, 0.2) is 0 Å². The highest BCUT2D eigenvalue weighted by Crippen LogP contribution is 2.18. The first-order valence-electron chi connectivity index (χ1n) is 5.54. The Hall–Kier alpha value is -1.48. The molecule has 0 aliphatic heterocycles. The molecule has 0 bridgehead atoms. The first-order chi connectivity index (χ1) is 9.58. The van der Waals surface area contributed by atoms with Crippen LogP contribution in [0.4, 0.5) is 0 Å². The van der Waals surface area contributed by atoms with Crippen molar-refractivity contribution in [2.24, 2.45) is 0 Å². The molecule has 20 heavy (non-hydrogen) atoms. The molecule has 0 fully saturated rings. The topological polar surface area (TPSA) is 71.1 Å². The summed E-state index contributed by atoms with van der Waals surface area (Å²) in [4.78, 5) is 27.6. The van der Waals surface area contributed by atoms with Crippen molar-refractivity contribution in [1.29, 1.82) is 0 Å². The predicted molar refractivity (Wildman–Crippen MR) is 86.0 cm³/mol. The van der Waals surface area contributed by atoms with Crippen LogP contribution < -0.4 is 10.9 Å². The average molecular weight is 446 g/mol. The van der Waals surface area contributed by atoms with Crippen LogP contribution in [-0.2, 0) is 0 Å². The third kappa shape index (κ3) is 3.76. The molecule has 2 N–H and O–H groups in total. The van der Waals surface area contributed by atoms with E-state index in [2.05, 4.69) is 54.4 Å². The number of carbonyl (C=O) groups excluding carboxylic acids is 2. The van der Waals surface area contributed by atoms with Crippen LogP contribution in [0.25, 0.3) is 0 Å². The molecule has 2 aromatic rings. The molecule has 1 aromatic carbocycles. The zero-order valence-electron chi connectivity index (χ0n) is 10.1. The second-order valence-electron chi connectivity index (χ2n) is 3.75. The van der Waals surface area contributed by atoms with Crippen molar-refractivity contribution in [3.8, 4) is 0 Å². The van der Waals surface area contributed by atoms with Crippen molar-refractivity contribution < 1.29 is 9.59 Å². The van der Waals surface area contributed by atoms with Gasteiger partial charge in [-0.2, -0.15) is 0 Å². The number of hydrogen-bond acceptors (Lipinski definition) is 3. The van der Waals surface area contributed by atoms with E-state index in [1.54, 1.807) is 30.3 Å². The molecule has 1 heterocycles. The maximum absolute atomic E-state index is 12.0. The minimum atomic E-state index is -0.469. The number of hydrazine groups is 1. The molecule has 2 rings (SSSR count). The lowest BCUT2D eigenvalue weighted by Gasteiger charge is -2.08. The fraction of sp³-hybridized carbons (Fsp3) is 0. The van der Waals surface area contributed by atoms with Gasteiger partial charge in [0.05, 0.1) is 5.56 Å². The molecule has 0 saturated heterocycles. The minimum absolute atomic E-state index is 0.233. The van der Waals surface area contributed by atoms with Crippen molar-refractivity contribution in [3.63, 3.8) is 0 Å². The third-order valence-corrected chi connectivity index (χ3v) is 3.79. The van der Waals surface area contributed by atoms with Gasteiger partial charge in [0, 0.05) is 14.2 Å². The second kappa shape index (κ2) is 6.80. The first kappa shape index (κ1) is 14.9. The highest BCUT2D eigenvalue weighted by Gasteiger charge is 2.12. The maximum atomic E-state index is 12.0. The van der Waals surface area contributed by atoms with Crippen LogP contribution in [0.1, 0.15) is 20.8 Å². The Morgan fingerprint density at radius 2 is 1.85 bits per heavy atom. The molecule has 7 heteroatoms. The van der Waals surface area contributed by atoms with Crippen molar-refractivity contribution in [2.75, 3.05) is 0 Å². The standard InChI is InChI=1S/C13H9BrIN3O2/c14-8-4-5-10(15)9(7-8)12(19)17-18-13(20)11-3-1-2-6-16-11/h1-7H,(H,17,19)(H,18,20). The molecular formula is C13H9BrIN3O2. The van der Waals surface area contributed by atoms with E-state index < -0.39 is 5.91 Å². The second-order valence-corrected chi connectivity index (χ2v) is 5.83. The van der Waals surface area contributed by atoms with E-state index in [1.165, 1.54) is 6.20 Å². The van der Waals surface area contributed by atoms with Crippen LogP contribution in [0.3, 0.4) is 0 Å². The molecule has 0 aliphatic carbocycles. The van der Waals surface area contributed by atoms with E-state index >= 15 is 0 Å². The lowest BCUT2D eigenvalue weighted by Crippen LogP contribution is -2.42. The summed E-state index contributed by atoms with van der Waals surface area (Å²) in [6, 6.07) is 10.3. The van der Waals surface area contributed by atoms with Gasteiger partial charge in [0.1, 0.15) is 5.69 Å². The quantitative estimate of drug-likeness (QED) is 0.551. The Balaban J connectivity index is 2.02. The number of rotatable bonds is 2. The molecule has 5 nitrogen and oxygen atoms in total. The fourth-order valence-corrected chi connectivity index (χ4v) is 2.35. The first-order valence-corrected chi connectivity index (χ1v) is 7.42. The molecule has 0 saturated carbocycles. The van der Waals surface area contributed by atoms with Gasteiger partial charge < -0.3 is 0 Å². The van der Waals surface area contributed by atoms with Crippen LogP contribution in [-0.4, -0.2) is 16.8 Å². The van der Waals surface area contributed by atoms with Crippen LogP contribution in [0, 0.1) is 3.57 Å². The number of nitrogens with one attached hydrogen (secondary N) is 2. The van der Waals surface area contributed by atoms with Crippen molar-refractivity contribution in [3.05, 3.63) is 61.9 Å². The van der Waals surface area contributed by atoms with Gasteiger partial charge in [-0.1, -0.05) is 22.0 Å². The summed E-state index contributed by atoms with van der Waals surface area (Å²) in [7, 11) is 0. The van der Waals surface area contributed by atoms with Crippen molar-refractivity contribution in [2.45, 2.75) is 0 Å². The number of hydrogen-bond donors (Lipinski definition) is 2. The molecule has 0 unspecified atom stereocenters. The summed E-state index contributed by atoms with van der Waals surface area (Å²) < 4.78 is 1.58. The summed E-state index contributed by atoms with van der Waals surface area (Å²) >= 11 is 5.35. The number of halogens is 2. The zero-order valence-corrected chi connectivity index (χ0v) is 13.8. The van der Waals surface area contributed by atoms with Gasteiger partial charge in [-0.3, -0.25) is 25.4 Å². The van der Waals surface area contributed by atoms with E-state index in [-0.39, 0.29) is 11.6 Å². The van der Waals surface area contributed by atoms with E-state index in [0.29, 0.717) is 5.56 Å². The Morgan fingerprint density at radius 3 is 2.55 bits per heavy atom. The molecule has 2 amide bonds. The minimum Gasteiger partial charge on any atom is -0.267 e. The van der Waals surface area contributed by atoms with Gasteiger partial charge in [-0.15, -0.1) is 0 Å². The largest absolute Gasteiger partial charge is 0.288 e. The Bertz CT molecular complexity index is 649. The van der Waals surface area contributed by atoms with Crippen LogP contribution in [0.2, 0.25) is 0 Å². The van der Waals surface area contributed by atoms with E-state index in [1.807, 2.05) is 6.07 Å². The molecule has 0 atom stereocenters. The van der Waals surface area contributed by atoms with Gasteiger partial charge >= 0.3 is 0 Å². The Kier molecular flexibility index (Phi) is 5.07. The lowest BCUT2D eigenvalue weighted by atomic mass is 10.2. The Labute approximate surface area is 137 Å². The number of pyridine rings is 1. The zero-order chi connectivity index (χ0) is 14.5. The van der Waals surface area contributed by atoms with Gasteiger partial charge in [-0.25, -0.2) is 0 Å². The average Bonchev–Trinajstić information content (AvgIpc) is 2.47. The van der Waals surface area contributed by atoms with Gasteiger partial charge in [-0.05, 0) is 52.9 Å². The third-order valence-electron chi connectivity index (χ3n) is 2.36. The van der Waals surface area contributed by atoms with Crippen LogP contribution >= 0.6 is 38.5 Å². The van der Waals surface area contributed by atoms with E-state index in [0.717, 1.165) is 8.04 Å². The molecule has 0 spiro atoms. The van der Waals surface area contributed by atoms with Gasteiger partial charge in [0.25, 0.3) is 11.8 Å². The maximum Gasteiger partial charge on any atom is 0.288 e. The van der Waals surface area contributed by atoms with Crippen LogP contribution in [0.5, 0.6) is 0 Å². The van der Waals surface area contributed by atoms with E-state index in [9.17, 15) is 9.59 Å². The number of carbonyl (C=O) groups is 2. The highest BCUT2D eigenvalue weighted by molar-refractivity contribution is 14.1. The highest BCUT2D eigenvalue weighted by atomic mass is 127. The summed E-state index contributed by atoms with van der Waals surface area (Å²) in [6.07, 6.45) is 1.51. The Morgan fingerprint density at radius 1 is 1.10 bits per heavy atom. The van der Waals surface area contributed by atoms with E-state index in [4.69, 9.17) is 0 Å². The van der Waals surface area contributed by atoms with Crippen molar-refractivity contribution in [1.82, 2.24) is 15.8 Å². The predicted octanol–water partition coefficient (Wildman–Crippen LogP) is 2.52.